The molecule has 0 aromatic carbocycles. The molecule has 17 heavy (non-hydrogen) atoms. The Morgan fingerprint density at radius 2 is 1.94 bits per heavy atom. The number of alkyl halides is 3. The van der Waals surface area contributed by atoms with E-state index in [-0.39, 0.29) is 6.61 Å². The summed E-state index contributed by atoms with van der Waals surface area (Å²) >= 11 is 0. The van der Waals surface area contributed by atoms with Crippen LogP contribution in [0.5, 0.6) is 0 Å². The number of carbonyl (C=O) groups is 2. The number of hydrogen-bond acceptors (Lipinski definition) is 4. The molecule has 0 rings (SSSR count). The van der Waals surface area contributed by atoms with Gasteiger partial charge in [0, 0.05) is 0 Å². The molecule has 1 amide bonds. The summed E-state index contributed by atoms with van der Waals surface area (Å²) in [5.41, 5.74) is 0. The van der Waals surface area contributed by atoms with Crippen LogP contribution >= 0.6 is 0 Å². The predicted octanol–water partition coefficient (Wildman–Crippen LogP) is 1.62. The smallest absolute Gasteiger partial charge is 0.407 e. The maximum absolute atomic E-state index is 12.1. The van der Waals surface area contributed by atoms with Gasteiger partial charge in [-0.1, -0.05) is 6.92 Å². The molecule has 0 spiro atoms. The molecule has 0 aromatic heterocycles. The van der Waals surface area contributed by atoms with Crippen molar-refractivity contribution < 1.29 is 32.2 Å². The van der Waals surface area contributed by atoms with Crippen molar-refractivity contribution in [2.45, 2.75) is 32.0 Å². The lowest BCUT2D eigenvalue weighted by Gasteiger charge is -2.18. The van der Waals surface area contributed by atoms with Gasteiger partial charge in [-0.05, 0) is 6.42 Å². The van der Waals surface area contributed by atoms with Crippen LogP contribution in [0.15, 0.2) is 0 Å². The lowest BCUT2D eigenvalue weighted by Crippen LogP contribution is -2.44. The minimum Gasteiger partial charge on any atom is -0.464 e. The predicted molar refractivity (Wildman–Crippen MR) is 51.3 cm³/mol. The van der Waals surface area contributed by atoms with Gasteiger partial charge in [0.2, 0.25) is 0 Å². The number of alkyl carbamates (subject to hydrolysis) is 1. The van der Waals surface area contributed by atoms with E-state index in [1.54, 1.807) is 12.2 Å². The molecule has 0 saturated carbocycles. The largest absolute Gasteiger partial charge is 0.464 e. The Labute approximate surface area is 96.3 Å². The van der Waals surface area contributed by atoms with Gasteiger partial charge in [-0.3, -0.25) is 0 Å². The highest BCUT2D eigenvalue weighted by molar-refractivity contribution is 5.81. The van der Waals surface area contributed by atoms with Crippen LogP contribution in [-0.2, 0) is 14.3 Å². The Balaban J connectivity index is 4.49. The highest BCUT2D eigenvalue weighted by atomic mass is 19.4. The van der Waals surface area contributed by atoms with E-state index in [0.717, 1.165) is 7.11 Å². The molecule has 0 aromatic rings. The molecule has 0 radical (unpaired) electrons. The number of methoxy groups -OCH3 is 1. The van der Waals surface area contributed by atoms with Crippen LogP contribution in [0, 0.1) is 0 Å². The van der Waals surface area contributed by atoms with Gasteiger partial charge in [-0.2, -0.15) is 13.2 Å². The van der Waals surface area contributed by atoms with Crippen LogP contribution in [0.3, 0.4) is 0 Å². The van der Waals surface area contributed by atoms with E-state index in [1.807, 2.05) is 0 Å². The zero-order chi connectivity index (χ0) is 13.5. The fourth-order valence-electron chi connectivity index (χ4n) is 0.929. The van der Waals surface area contributed by atoms with E-state index in [1.165, 1.54) is 0 Å². The van der Waals surface area contributed by atoms with E-state index in [2.05, 4.69) is 9.47 Å². The zero-order valence-corrected chi connectivity index (χ0v) is 9.47. The molecule has 0 aliphatic heterocycles. The lowest BCUT2D eigenvalue weighted by atomic mass is 10.2. The maximum atomic E-state index is 12.1. The van der Waals surface area contributed by atoms with E-state index in [9.17, 15) is 22.8 Å². The quantitative estimate of drug-likeness (QED) is 0.760. The highest BCUT2D eigenvalue weighted by Gasteiger charge is 2.37. The molecule has 0 aliphatic carbocycles. The summed E-state index contributed by atoms with van der Waals surface area (Å²) in [5.74, 6) is -1.13. The van der Waals surface area contributed by atoms with Gasteiger partial charge in [0.1, 0.15) is 6.04 Å². The molecule has 5 nitrogen and oxygen atoms in total. The maximum Gasteiger partial charge on any atom is 0.407 e. The second-order valence-corrected chi connectivity index (χ2v) is 3.18. The van der Waals surface area contributed by atoms with Crippen molar-refractivity contribution in [1.82, 2.24) is 5.32 Å². The summed E-state index contributed by atoms with van der Waals surface area (Å²) in [5, 5.41) is 1.78. The number of hydrogen-bond donors (Lipinski definition) is 1. The standard InChI is InChI=1S/C9H14F3NO4/c1-3-4-17-7(14)6(5-9(10,11)12)13-8(15)16-2/h6H,3-5H2,1-2H3,(H,13,15). The fourth-order valence-corrected chi connectivity index (χ4v) is 0.929. The molecular weight excluding hydrogens is 243 g/mol. The zero-order valence-electron chi connectivity index (χ0n) is 9.47. The summed E-state index contributed by atoms with van der Waals surface area (Å²) < 4.78 is 45.1. The number of nitrogens with one attached hydrogen (secondary N) is 1. The Bertz CT molecular complexity index is 267. The SMILES string of the molecule is CCCOC(=O)C(CC(F)(F)F)NC(=O)OC. The summed E-state index contributed by atoms with van der Waals surface area (Å²) in [4.78, 5) is 22.0. The molecule has 1 N–H and O–H groups in total. The van der Waals surface area contributed by atoms with Crippen molar-refractivity contribution in [1.29, 1.82) is 0 Å². The molecule has 1 unspecified atom stereocenters. The first-order valence-corrected chi connectivity index (χ1v) is 4.88. The molecular formula is C9H14F3NO4. The first-order chi connectivity index (χ1) is 7.80. The van der Waals surface area contributed by atoms with E-state index in [0.29, 0.717) is 6.42 Å². The van der Waals surface area contributed by atoms with Crippen molar-refractivity contribution in [2.24, 2.45) is 0 Å². The summed E-state index contributed by atoms with van der Waals surface area (Å²) in [6.45, 7) is 1.69. The van der Waals surface area contributed by atoms with Crippen LogP contribution in [-0.4, -0.2) is 38.0 Å². The van der Waals surface area contributed by atoms with Crippen molar-refractivity contribution in [3.05, 3.63) is 0 Å². The van der Waals surface area contributed by atoms with Gasteiger partial charge in [0.15, 0.2) is 0 Å². The van der Waals surface area contributed by atoms with E-state index in [4.69, 9.17) is 0 Å². The normalized spacial score (nSPS) is 12.8. The molecule has 100 valence electrons. The topological polar surface area (TPSA) is 64.6 Å². The van der Waals surface area contributed by atoms with Gasteiger partial charge in [-0.25, -0.2) is 9.59 Å². The van der Waals surface area contributed by atoms with Crippen molar-refractivity contribution in [2.75, 3.05) is 13.7 Å². The van der Waals surface area contributed by atoms with Crippen LogP contribution in [0.2, 0.25) is 0 Å². The first kappa shape index (κ1) is 15.5. The molecule has 0 saturated heterocycles. The van der Waals surface area contributed by atoms with Crippen LogP contribution in [0.4, 0.5) is 18.0 Å². The number of carbonyl (C=O) groups excluding carboxylic acids is 2. The first-order valence-electron chi connectivity index (χ1n) is 4.88. The Morgan fingerprint density at radius 3 is 2.35 bits per heavy atom. The van der Waals surface area contributed by atoms with Crippen LogP contribution < -0.4 is 5.32 Å². The summed E-state index contributed by atoms with van der Waals surface area (Å²) in [6, 6.07) is -1.78. The second-order valence-electron chi connectivity index (χ2n) is 3.18. The number of amides is 1. The lowest BCUT2D eigenvalue weighted by molar-refractivity contribution is -0.162. The third kappa shape index (κ3) is 7.42. The monoisotopic (exact) mass is 257 g/mol. The average molecular weight is 257 g/mol. The van der Waals surface area contributed by atoms with Gasteiger partial charge in [-0.15, -0.1) is 0 Å². The number of esters is 1. The van der Waals surface area contributed by atoms with Crippen LogP contribution in [0.1, 0.15) is 19.8 Å². The number of ether oxygens (including phenoxy) is 2. The van der Waals surface area contributed by atoms with Gasteiger partial charge in [0.25, 0.3) is 0 Å². The fraction of sp³-hybridized carbons (Fsp3) is 0.778. The van der Waals surface area contributed by atoms with Crippen molar-refractivity contribution in [3.8, 4) is 0 Å². The van der Waals surface area contributed by atoms with Gasteiger partial charge >= 0.3 is 18.2 Å². The Kier molecular flexibility index (Phi) is 6.37. The summed E-state index contributed by atoms with van der Waals surface area (Å²) in [6.07, 6.45) is -6.72. The molecule has 8 heteroatoms. The third-order valence-electron chi connectivity index (χ3n) is 1.65. The second kappa shape index (κ2) is 6.97. The molecule has 0 fully saturated rings. The summed E-state index contributed by atoms with van der Waals surface area (Å²) in [7, 11) is 0.983. The van der Waals surface area contributed by atoms with Crippen LogP contribution in [0.25, 0.3) is 0 Å². The Hall–Kier alpha value is -1.47. The number of rotatable bonds is 5. The van der Waals surface area contributed by atoms with Crippen molar-refractivity contribution in [3.63, 3.8) is 0 Å². The number of halogens is 3. The third-order valence-corrected chi connectivity index (χ3v) is 1.65. The molecule has 0 bridgehead atoms. The van der Waals surface area contributed by atoms with Gasteiger partial charge in [0.05, 0.1) is 20.1 Å². The highest BCUT2D eigenvalue weighted by Crippen LogP contribution is 2.22. The minimum atomic E-state index is -4.59. The molecule has 0 aliphatic rings. The van der Waals surface area contributed by atoms with Crippen molar-refractivity contribution >= 4 is 12.1 Å². The van der Waals surface area contributed by atoms with E-state index >= 15 is 0 Å². The van der Waals surface area contributed by atoms with Gasteiger partial charge < -0.3 is 14.8 Å². The minimum absolute atomic E-state index is 0.00393. The van der Waals surface area contributed by atoms with E-state index < -0.39 is 30.7 Å². The molecule has 1 atom stereocenters. The average Bonchev–Trinajstić information content (AvgIpc) is 2.22. The Morgan fingerprint density at radius 1 is 1.35 bits per heavy atom. The molecule has 0 heterocycles.